The minimum Gasteiger partial charge on any atom is -0.456 e. The molecule has 0 aliphatic carbocycles. The van der Waals surface area contributed by atoms with E-state index in [0.29, 0.717) is 5.75 Å². The molecule has 5 heteroatoms. The van der Waals surface area contributed by atoms with Crippen molar-refractivity contribution in [3.63, 3.8) is 0 Å². The molecule has 0 fully saturated rings. The molecule has 2 rings (SSSR count). The maximum absolute atomic E-state index is 13.1. The Morgan fingerprint density at radius 3 is 2.57 bits per heavy atom. The van der Waals surface area contributed by atoms with Crippen molar-refractivity contribution in [2.75, 3.05) is 6.54 Å². The highest BCUT2D eigenvalue weighted by molar-refractivity contribution is 9.10. The SMILES string of the molecule is CCCNCc1ccc(Oc2ccc(F)c(F)c2)c(Br)c1. The Morgan fingerprint density at radius 1 is 1.10 bits per heavy atom. The molecule has 21 heavy (non-hydrogen) atoms. The van der Waals surface area contributed by atoms with Crippen molar-refractivity contribution in [3.05, 3.63) is 58.1 Å². The molecular formula is C16H16BrF2NO. The molecule has 0 atom stereocenters. The van der Waals surface area contributed by atoms with Crippen LogP contribution in [0.5, 0.6) is 11.5 Å². The van der Waals surface area contributed by atoms with Gasteiger partial charge in [-0.05, 0) is 58.7 Å². The highest BCUT2D eigenvalue weighted by Gasteiger charge is 2.07. The number of ether oxygens (including phenoxy) is 1. The molecule has 0 heterocycles. The number of benzene rings is 2. The molecule has 112 valence electrons. The maximum atomic E-state index is 13.1. The minimum atomic E-state index is -0.927. The summed E-state index contributed by atoms with van der Waals surface area (Å²) < 4.78 is 32.3. The molecule has 2 aromatic carbocycles. The van der Waals surface area contributed by atoms with Gasteiger partial charge >= 0.3 is 0 Å². The molecule has 0 aromatic heterocycles. The van der Waals surface area contributed by atoms with Crippen LogP contribution in [-0.2, 0) is 6.54 Å². The predicted octanol–water partition coefficient (Wildman–Crippen LogP) is 5.02. The standard InChI is InChI=1S/C16H16BrF2NO/c1-2-7-20-10-11-3-6-16(13(17)8-11)21-12-4-5-14(18)15(19)9-12/h3-6,8-9,20H,2,7,10H2,1H3. The van der Waals surface area contributed by atoms with Crippen molar-refractivity contribution in [1.29, 1.82) is 0 Å². The van der Waals surface area contributed by atoms with Crippen molar-refractivity contribution in [3.8, 4) is 11.5 Å². The Bertz CT molecular complexity index is 619. The molecule has 0 unspecified atom stereocenters. The Balaban J connectivity index is 2.08. The Morgan fingerprint density at radius 2 is 1.90 bits per heavy atom. The summed E-state index contributed by atoms with van der Waals surface area (Å²) in [6.07, 6.45) is 1.08. The Labute approximate surface area is 131 Å². The monoisotopic (exact) mass is 355 g/mol. The fourth-order valence-corrected chi connectivity index (χ4v) is 2.32. The van der Waals surface area contributed by atoms with E-state index in [-0.39, 0.29) is 5.75 Å². The van der Waals surface area contributed by atoms with Gasteiger partial charge in [0.15, 0.2) is 11.6 Å². The third-order valence-corrected chi connectivity index (χ3v) is 3.49. The molecule has 0 saturated heterocycles. The summed E-state index contributed by atoms with van der Waals surface area (Å²) in [5, 5.41) is 3.31. The van der Waals surface area contributed by atoms with E-state index in [2.05, 4.69) is 28.2 Å². The van der Waals surface area contributed by atoms with Crippen LogP contribution in [0.2, 0.25) is 0 Å². The van der Waals surface area contributed by atoms with Crippen LogP contribution < -0.4 is 10.1 Å². The van der Waals surface area contributed by atoms with E-state index in [4.69, 9.17) is 4.74 Å². The fourth-order valence-electron chi connectivity index (χ4n) is 1.81. The lowest BCUT2D eigenvalue weighted by atomic mass is 10.2. The number of hydrogen-bond acceptors (Lipinski definition) is 2. The lowest BCUT2D eigenvalue weighted by Crippen LogP contribution is -2.13. The second-order valence-electron chi connectivity index (χ2n) is 4.62. The van der Waals surface area contributed by atoms with E-state index in [0.717, 1.165) is 41.7 Å². The van der Waals surface area contributed by atoms with Crippen LogP contribution in [0.4, 0.5) is 8.78 Å². The number of hydrogen-bond donors (Lipinski definition) is 1. The zero-order valence-electron chi connectivity index (χ0n) is 11.6. The molecule has 0 aliphatic heterocycles. The van der Waals surface area contributed by atoms with Crippen molar-refractivity contribution >= 4 is 15.9 Å². The van der Waals surface area contributed by atoms with E-state index < -0.39 is 11.6 Å². The first-order valence-corrected chi connectivity index (χ1v) is 7.51. The van der Waals surface area contributed by atoms with Gasteiger partial charge in [0.2, 0.25) is 0 Å². The minimum absolute atomic E-state index is 0.256. The van der Waals surface area contributed by atoms with Gasteiger partial charge in [0.25, 0.3) is 0 Å². The van der Waals surface area contributed by atoms with Crippen LogP contribution in [0.3, 0.4) is 0 Å². The lowest BCUT2D eigenvalue weighted by molar-refractivity contribution is 0.459. The predicted molar refractivity (Wildman–Crippen MR) is 82.6 cm³/mol. The van der Waals surface area contributed by atoms with Gasteiger partial charge in [-0.15, -0.1) is 0 Å². The quantitative estimate of drug-likeness (QED) is 0.734. The van der Waals surface area contributed by atoms with Gasteiger partial charge in [-0.3, -0.25) is 0 Å². The summed E-state index contributed by atoms with van der Waals surface area (Å²) in [5.41, 5.74) is 1.12. The molecule has 0 spiro atoms. The molecule has 0 radical (unpaired) electrons. The largest absolute Gasteiger partial charge is 0.456 e. The molecule has 0 aliphatic rings. The van der Waals surface area contributed by atoms with E-state index in [1.807, 2.05) is 12.1 Å². The van der Waals surface area contributed by atoms with E-state index in [1.165, 1.54) is 6.07 Å². The molecule has 2 nitrogen and oxygen atoms in total. The van der Waals surface area contributed by atoms with Gasteiger partial charge in [0.05, 0.1) is 4.47 Å². The van der Waals surface area contributed by atoms with Crippen molar-refractivity contribution in [1.82, 2.24) is 5.32 Å². The third kappa shape index (κ3) is 4.51. The molecule has 0 saturated carbocycles. The number of nitrogens with one attached hydrogen (secondary N) is 1. The summed E-state index contributed by atoms with van der Waals surface area (Å²) >= 11 is 3.43. The molecule has 1 N–H and O–H groups in total. The van der Waals surface area contributed by atoms with Crippen molar-refractivity contribution in [2.45, 2.75) is 19.9 Å². The second-order valence-corrected chi connectivity index (χ2v) is 5.47. The molecule has 0 bridgehead atoms. The van der Waals surface area contributed by atoms with Crippen molar-refractivity contribution < 1.29 is 13.5 Å². The van der Waals surface area contributed by atoms with Gasteiger partial charge < -0.3 is 10.1 Å². The smallest absolute Gasteiger partial charge is 0.162 e. The van der Waals surface area contributed by atoms with Gasteiger partial charge in [-0.2, -0.15) is 0 Å². The summed E-state index contributed by atoms with van der Waals surface area (Å²) in [4.78, 5) is 0. The highest BCUT2D eigenvalue weighted by Crippen LogP contribution is 2.31. The second kappa shape index (κ2) is 7.52. The molecule has 0 amide bonds. The normalized spacial score (nSPS) is 10.7. The summed E-state index contributed by atoms with van der Waals surface area (Å²) in [6, 6.07) is 9.14. The van der Waals surface area contributed by atoms with E-state index >= 15 is 0 Å². The summed E-state index contributed by atoms with van der Waals surface area (Å²) in [7, 11) is 0. The lowest BCUT2D eigenvalue weighted by Gasteiger charge is -2.10. The average molecular weight is 356 g/mol. The van der Waals surface area contributed by atoms with E-state index in [1.54, 1.807) is 6.07 Å². The van der Waals surface area contributed by atoms with Crippen LogP contribution in [-0.4, -0.2) is 6.54 Å². The first-order valence-electron chi connectivity index (χ1n) is 6.72. The van der Waals surface area contributed by atoms with Crippen LogP contribution >= 0.6 is 15.9 Å². The average Bonchev–Trinajstić information content (AvgIpc) is 2.46. The Kier molecular flexibility index (Phi) is 5.70. The fraction of sp³-hybridized carbons (Fsp3) is 0.250. The zero-order valence-corrected chi connectivity index (χ0v) is 13.2. The van der Waals surface area contributed by atoms with Gasteiger partial charge in [-0.25, -0.2) is 8.78 Å². The topological polar surface area (TPSA) is 21.3 Å². The Hall–Kier alpha value is -1.46. The van der Waals surface area contributed by atoms with Crippen LogP contribution in [0.1, 0.15) is 18.9 Å². The van der Waals surface area contributed by atoms with Crippen molar-refractivity contribution in [2.24, 2.45) is 0 Å². The van der Waals surface area contributed by atoms with Gasteiger partial charge in [-0.1, -0.05) is 13.0 Å². The highest BCUT2D eigenvalue weighted by atomic mass is 79.9. The first-order chi connectivity index (χ1) is 10.1. The zero-order chi connectivity index (χ0) is 15.2. The van der Waals surface area contributed by atoms with Gasteiger partial charge in [0, 0.05) is 12.6 Å². The van der Waals surface area contributed by atoms with Gasteiger partial charge in [0.1, 0.15) is 11.5 Å². The number of rotatable bonds is 6. The summed E-state index contributed by atoms with van der Waals surface area (Å²) in [5.74, 6) is -1.01. The number of halogens is 3. The molecular weight excluding hydrogens is 340 g/mol. The third-order valence-electron chi connectivity index (χ3n) is 2.87. The maximum Gasteiger partial charge on any atom is 0.162 e. The van der Waals surface area contributed by atoms with Crippen LogP contribution in [0.25, 0.3) is 0 Å². The van der Waals surface area contributed by atoms with Crippen LogP contribution in [0.15, 0.2) is 40.9 Å². The summed E-state index contributed by atoms with van der Waals surface area (Å²) in [6.45, 7) is 3.85. The van der Waals surface area contributed by atoms with Crippen LogP contribution in [0, 0.1) is 11.6 Å². The molecule has 2 aromatic rings. The van der Waals surface area contributed by atoms with E-state index in [9.17, 15) is 8.78 Å². The first kappa shape index (κ1) is 15.9.